The SMILES string of the molecule is COc1ccccc1C(=O)NC(C#N)c1ccccc1. The number of ether oxygens (including phenoxy) is 1. The first-order valence-electron chi connectivity index (χ1n) is 6.14. The van der Waals surface area contributed by atoms with Gasteiger partial charge in [-0.05, 0) is 17.7 Å². The van der Waals surface area contributed by atoms with Gasteiger partial charge in [-0.15, -0.1) is 0 Å². The molecule has 20 heavy (non-hydrogen) atoms. The standard InChI is InChI=1S/C16H14N2O2/c1-20-15-10-6-5-9-13(15)16(19)18-14(11-17)12-7-3-2-4-8-12/h2-10,14H,1H3,(H,18,19). The van der Waals surface area contributed by atoms with E-state index in [-0.39, 0.29) is 5.91 Å². The van der Waals surface area contributed by atoms with E-state index in [2.05, 4.69) is 11.4 Å². The Labute approximate surface area is 117 Å². The molecule has 4 nitrogen and oxygen atoms in total. The van der Waals surface area contributed by atoms with Crippen LogP contribution in [0.4, 0.5) is 0 Å². The molecule has 1 unspecified atom stereocenters. The zero-order valence-electron chi connectivity index (χ0n) is 11.0. The predicted octanol–water partition coefficient (Wildman–Crippen LogP) is 2.69. The molecule has 0 aliphatic heterocycles. The van der Waals surface area contributed by atoms with Crippen molar-refractivity contribution in [1.82, 2.24) is 5.32 Å². The Kier molecular flexibility index (Phi) is 4.35. The number of hydrogen-bond acceptors (Lipinski definition) is 3. The Hall–Kier alpha value is -2.80. The molecule has 0 spiro atoms. The Balaban J connectivity index is 2.20. The zero-order chi connectivity index (χ0) is 14.4. The molecule has 0 heterocycles. The van der Waals surface area contributed by atoms with Gasteiger partial charge in [0.05, 0.1) is 18.7 Å². The molecule has 0 radical (unpaired) electrons. The van der Waals surface area contributed by atoms with Gasteiger partial charge in [0.15, 0.2) is 0 Å². The quantitative estimate of drug-likeness (QED) is 0.925. The number of carbonyl (C=O) groups is 1. The summed E-state index contributed by atoms with van der Waals surface area (Å²) in [4.78, 5) is 12.2. The number of hydrogen-bond donors (Lipinski definition) is 1. The first-order chi connectivity index (χ1) is 9.76. The molecule has 2 rings (SSSR count). The van der Waals surface area contributed by atoms with Gasteiger partial charge in [-0.3, -0.25) is 4.79 Å². The number of nitriles is 1. The zero-order valence-corrected chi connectivity index (χ0v) is 11.0. The summed E-state index contributed by atoms with van der Waals surface area (Å²) in [6.45, 7) is 0. The topological polar surface area (TPSA) is 62.1 Å². The molecule has 0 bridgehead atoms. The lowest BCUT2D eigenvalue weighted by Gasteiger charge is -2.13. The summed E-state index contributed by atoms with van der Waals surface area (Å²) in [6, 6.07) is 17.4. The van der Waals surface area contributed by atoms with Crippen LogP contribution in [-0.2, 0) is 0 Å². The van der Waals surface area contributed by atoms with E-state index in [1.807, 2.05) is 18.2 Å². The monoisotopic (exact) mass is 266 g/mol. The normalized spacial score (nSPS) is 11.2. The highest BCUT2D eigenvalue weighted by molar-refractivity contribution is 5.97. The maximum Gasteiger partial charge on any atom is 0.256 e. The van der Waals surface area contributed by atoms with Crippen molar-refractivity contribution in [2.24, 2.45) is 0 Å². The molecule has 0 aliphatic rings. The minimum Gasteiger partial charge on any atom is -0.496 e. The van der Waals surface area contributed by atoms with Gasteiger partial charge in [0, 0.05) is 0 Å². The molecule has 4 heteroatoms. The van der Waals surface area contributed by atoms with Gasteiger partial charge in [0.25, 0.3) is 5.91 Å². The second-order valence-electron chi connectivity index (χ2n) is 4.15. The van der Waals surface area contributed by atoms with Crippen LogP contribution in [0, 0.1) is 11.3 Å². The van der Waals surface area contributed by atoms with Crippen LogP contribution in [-0.4, -0.2) is 13.0 Å². The molecular formula is C16H14N2O2. The number of carbonyl (C=O) groups excluding carboxylic acids is 1. The van der Waals surface area contributed by atoms with Gasteiger partial charge in [-0.25, -0.2) is 0 Å². The molecule has 2 aromatic carbocycles. The molecule has 1 atom stereocenters. The molecule has 0 fully saturated rings. The number of nitrogens with zero attached hydrogens (tertiary/aromatic N) is 1. The summed E-state index contributed by atoms with van der Waals surface area (Å²) in [6.07, 6.45) is 0. The van der Waals surface area contributed by atoms with E-state index < -0.39 is 6.04 Å². The number of methoxy groups -OCH3 is 1. The molecule has 2 aromatic rings. The fourth-order valence-electron chi connectivity index (χ4n) is 1.88. The van der Waals surface area contributed by atoms with Crippen molar-refractivity contribution in [2.75, 3.05) is 7.11 Å². The largest absolute Gasteiger partial charge is 0.496 e. The predicted molar refractivity (Wildman–Crippen MR) is 75.3 cm³/mol. The highest BCUT2D eigenvalue weighted by Crippen LogP contribution is 2.19. The maximum atomic E-state index is 12.2. The van der Waals surface area contributed by atoms with E-state index in [9.17, 15) is 10.1 Å². The van der Waals surface area contributed by atoms with Crippen LogP contribution in [0.3, 0.4) is 0 Å². The van der Waals surface area contributed by atoms with Crippen molar-refractivity contribution in [3.63, 3.8) is 0 Å². The van der Waals surface area contributed by atoms with Crippen LogP contribution in [0.1, 0.15) is 22.0 Å². The third-order valence-corrected chi connectivity index (χ3v) is 2.89. The summed E-state index contributed by atoms with van der Waals surface area (Å²) >= 11 is 0. The first-order valence-corrected chi connectivity index (χ1v) is 6.14. The van der Waals surface area contributed by atoms with Gasteiger partial charge in [-0.1, -0.05) is 42.5 Å². The molecule has 1 amide bonds. The number of rotatable bonds is 4. The lowest BCUT2D eigenvalue weighted by molar-refractivity contribution is 0.0942. The third kappa shape index (κ3) is 2.96. The Morgan fingerprint density at radius 1 is 1.15 bits per heavy atom. The summed E-state index contributed by atoms with van der Waals surface area (Å²) in [7, 11) is 1.51. The van der Waals surface area contributed by atoms with E-state index >= 15 is 0 Å². The van der Waals surface area contributed by atoms with Crippen molar-refractivity contribution in [3.8, 4) is 11.8 Å². The Morgan fingerprint density at radius 3 is 2.45 bits per heavy atom. The smallest absolute Gasteiger partial charge is 0.256 e. The third-order valence-electron chi connectivity index (χ3n) is 2.89. The van der Waals surface area contributed by atoms with Crippen molar-refractivity contribution >= 4 is 5.91 Å². The van der Waals surface area contributed by atoms with Crippen LogP contribution in [0.15, 0.2) is 54.6 Å². The molecule has 100 valence electrons. The van der Waals surface area contributed by atoms with E-state index in [0.717, 1.165) is 5.56 Å². The molecule has 1 N–H and O–H groups in total. The summed E-state index contributed by atoms with van der Waals surface area (Å²) in [5.41, 5.74) is 1.16. The minimum atomic E-state index is -0.686. The molecule has 0 aromatic heterocycles. The lowest BCUT2D eigenvalue weighted by atomic mass is 10.1. The summed E-state index contributed by atoms with van der Waals surface area (Å²) < 4.78 is 5.14. The highest BCUT2D eigenvalue weighted by atomic mass is 16.5. The molecule has 0 saturated carbocycles. The van der Waals surface area contributed by atoms with E-state index in [0.29, 0.717) is 11.3 Å². The second-order valence-corrected chi connectivity index (χ2v) is 4.15. The lowest BCUT2D eigenvalue weighted by Crippen LogP contribution is -2.27. The van der Waals surface area contributed by atoms with Crippen molar-refractivity contribution in [2.45, 2.75) is 6.04 Å². The molecule has 0 saturated heterocycles. The van der Waals surface area contributed by atoms with Crippen molar-refractivity contribution in [1.29, 1.82) is 5.26 Å². The van der Waals surface area contributed by atoms with Gasteiger partial charge < -0.3 is 10.1 Å². The van der Waals surface area contributed by atoms with Crippen LogP contribution in [0.5, 0.6) is 5.75 Å². The Bertz CT molecular complexity index is 632. The Morgan fingerprint density at radius 2 is 1.80 bits per heavy atom. The second kappa shape index (κ2) is 6.39. The number of nitrogens with one attached hydrogen (secondary N) is 1. The van der Waals surface area contributed by atoms with Gasteiger partial charge in [0.1, 0.15) is 11.8 Å². The van der Waals surface area contributed by atoms with Crippen LogP contribution in [0.25, 0.3) is 0 Å². The van der Waals surface area contributed by atoms with Crippen LogP contribution in [0.2, 0.25) is 0 Å². The number of para-hydroxylation sites is 1. The molecular weight excluding hydrogens is 252 g/mol. The maximum absolute atomic E-state index is 12.2. The number of benzene rings is 2. The highest BCUT2D eigenvalue weighted by Gasteiger charge is 2.17. The van der Waals surface area contributed by atoms with Gasteiger partial charge in [-0.2, -0.15) is 5.26 Å². The van der Waals surface area contributed by atoms with Crippen molar-refractivity contribution < 1.29 is 9.53 Å². The number of amides is 1. The fourth-order valence-corrected chi connectivity index (χ4v) is 1.88. The van der Waals surface area contributed by atoms with Crippen LogP contribution < -0.4 is 10.1 Å². The van der Waals surface area contributed by atoms with E-state index in [1.165, 1.54) is 7.11 Å². The fraction of sp³-hybridized carbons (Fsp3) is 0.125. The van der Waals surface area contributed by atoms with E-state index in [4.69, 9.17) is 4.74 Å². The van der Waals surface area contributed by atoms with Crippen molar-refractivity contribution in [3.05, 3.63) is 65.7 Å². The van der Waals surface area contributed by atoms with Gasteiger partial charge in [0.2, 0.25) is 0 Å². The van der Waals surface area contributed by atoms with Crippen LogP contribution >= 0.6 is 0 Å². The summed E-state index contributed by atoms with van der Waals surface area (Å²) in [5.74, 6) is 0.146. The average Bonchev–Trinajstić information content (AvgIpc) is 2.53. The summed E-state index contributed by atoms with van der Waals surface area (Å²) in [5, 5.41) is 11.9. The first kappa shape index (κ1) is 13.6. The average molecular weight is 266 g/mol. The molecule has 0 aliphatic carbocycles. The van der Waals surface area contributed by atoms with E-state index in [1.54, 1.807) is 36.4 Å². The van der Waals surface area contributed by atoms with Gasteiger partial charge >= 0.3 is 0 Å². The minimum absolute atomic E-state index is 0.335.